The Hall–Kier alpha value is -4.65. The lowest BCUT2D eigenvalue weighted by Crippen LogP contribution is -2.33. The molecular weight excluding hydrogens is 769 g/mol. The monoisotopic (exact) mass is 849 g/mol. The van der Waals surface area contributed by atoms with E-state index >= 15 is 0 Å². The van der Waals surface area contributed by atoms with Crippen LogP contribution in [0.15, 0.2) is 72.8 Å². The summed E-state index contributed by atoms with van der Waals surface area (Å²) in [6, 6.07) is 24.5. The Kier molecular flexibility index (Phi) is 33.1. The molecule has 3 amide bonds. The Bertz CT molecular complexity index is 1570. The second kappa shape index (κ2) is 37.1. The van der Waals surface area contributed by atoms with Crippen LogP contribution in [0.1, 0.15) is 95.2 Å². The Morgan fingerprint density at radius 2 is 0.852 bits per heavy atom. The van der Waals surface area contributed by atoms with E-state index in [0.29, 0.717) is 19.6 Å². The van der Waals surface area contributed by atoms with Gasteiger partial charge < -0.3 is 45.7 Å². The molecule has 0 atom stereocenters. The van der Waals surface area contributed by atoms with Crippen LogP contribution in [0.25, 0.3) is 0 Å². The van der Waals surface area contributed by atoms with Crippen LogP contribution in [0.3, 0.4) is 0 Å². The highest BCUT2D eigenvalue weighted by atomic mass is 16.5. The molecule has 12 heteroatoms. The van der Waals surface area contributed by atoms with Gasteiger partial charge in [0.1, 0.15) is 17.2 Å². The SMILES string of the molecule is CCCCCCOc1cccc(CCNCC(=O)NC)c1.CCCCCOc1cccc(CCNCC(=O)NC)c1.CCCCOc1cccc(CCNCC(=O)N(C)C)c1. The van der Waals surface area contributed by atoms with E-state index in [0.717, 1.165) is 102 Å². The Labute approximate surface area is 368 Å². The van der Waals surface area contributed by atoms with Gasteiger partial charge >= 0.3 is 0 Å². The zero-order valence-corrected chi connectivity index (χ0v) is 38.7. The molecule has 3 rings (SSSR count). The van der Waals surface area contributed by atoms with Gasteiger partial charge in [0.15, 0.2) is 0 Å². The highest BCUT2D eigenvalue weighted by Gasteiger charge is 2.04. The summed E-state index contributed by atoms with van der Waals surface area (Å²) >= 11 is 0. The standard InChI is InChI=1S/C17H28N2O2.2C16H26N2O2/c1-3-4-5-6-12-21-16-9-7-8-15(13-16)10-11-19-14-17(20)18-2;1-4-5-11-20-15-8-6-7-14(12-15)9-10-17-13-16(19)18(2)3;1-3-4-5-11-20-15-8-6-7-14(12-15)9-10-18-13-16(19)17-2/h7-9,13,19H,3-6,10-12,14H2,1-2H3,(H,18,20);6-8,12,17H,4-5,9-11,13H2,1-3H3;6-8,12,18H,3-5,9-11,13H2,1-2H3,(H,17,19). The van der Waals surface area contributed by atoms with Crippen molar-refractivity contribution in [3.05, 3.63) is 89.5 Å². The third-order valence-corrected chi connectivity index (χ3v) is 9.42. The van der Waals surface area contributed by atoms with E-state index in [-0.39, 0.29) is 17.7 Å². The Morgan fingerprint density at radius 1 is 0.492 bits per heavy atom. The number of carbonyl (C=O) groups is 3. The number of rotatable bonds is 30. The topological polar surface area (TPSA) is 142 Å². The van der Waals surface area contributed by atoms with Crippen molar-refractivity contribution in [2.75, 3.05) is 87.3 Å². The molecule has 12 nitrogen and oxygen atoms in total. The van der Waals surface area contributed by atoms with Crippen LogP contribution in [-0.4, -0.2) is 110 Å². The molecule has 0 fully saturated rings. The molecule has 0 saturated heterocycles. The predicted molar refractivity (Wildman–Crippen MR) is 251 cm³/mol. The summed E-state index contributed by atoms with van der Waals surface area (Å²) < 4.78 is 17.2. The van der Waals surface area contributed by atoms with Crippen molar-refractivity contribution in [2.24, 2.45) is 0 Å². The lowest BCUT2D eigenvalue weighted by molar-refractivity contribution is -0.127. The van der Waals surface area contributed by atoms with Crippen molar-refractivity contribution >= 4 is 17.7 Å². The van der Waals surface area contributed by atoms with Gasteiger partial charge in [-0.3, -0.25) is 14.4 Å². The highest BCUT2D eigenvalue weighted by molar-refractivity contribution is 5.78. The summed E-state index contributed by atoms with van der Waals surface area (Å²) in [5.41, 5.74) is 3.68. The summed E-state index contributed by atoms with van der Waals surface area (Å²) in [5, 5.41) is 14.6. The molecule has 0 heterocycles. The first-order valence-electron chi connectivity index (χ1n) is 22.5. The van der Waals surface area contributed by atoms with Crippen LogP contribution in [0.5, 0.6) is 17.2 Å². The van der Waals surface area contributed by atoms with E-state index in [2.05, 4.69) is 83.8 Å². The minimum absolute atomic E-state index is 0.0120. The maximum atomic E-state index is 11.4. The first kappa shape index (κ1) is 54.4. The van der Waals surface area contributed by atoms with E-state index < -0.39 is 0 Å². The molecular formula is C49H80N6O6. The number of benzene rings is 3. The lowest BCUT2D eigenvalue weighted by atomic mass is 10.1. The van der Waals surface area contributed by atoms with Crippen molar-refractivity contribution in [1.29, 1.82) is 0 Å². The molecule has 0 spiro atoms. The summed E-state index contributed by atoms with van der Waals surface area (Å²) in [6.45, 7) is 12.4. The van der Waals surface area contributed by atoms with Crippen LogP contribution in [-0.2, 0) is 33.6 Å². The van der Waals surface area contributed by atoms with Gasteiger partial charge in [-0.2, -0.15) is 0 Å². The number of ether oxygens (including phenoxy) is 3. The zero-order chi connectivity index (χ0) is 44.8. The predicted octanol–water partition coefficient (Wildman–Crippen LogP) is 6.74. The quantitative estimate of drug-likeness (QED) is 0.0462. The number of nitrogens with zero attached hydrogens (tertiary/aromatic N) is 1. The van der Waals surface area contributed by atoms with Gasteiger partial charge in [-0.05, 0) is 111 Å². The fourth-order valence-corrected chi connectivity index (χ4v) is 5.60. The fraction of sp³-hybridized carbons (Fsp3) is 0.571. The molecule has 0 radical (unpaired) electrons. The van der Waals surface area contributed by atoms with Crippen molar-refractivity contribution in [3.8, 4) is 17.2 Å². The lowest BCUT2D eigenvalue weighted by Gasteiger charge is -2.11. The fourth-order valence-electron chi connectivity index (χ4n) is 5.60. The number of amides is 3. The van der Waals surface area contributed by atoms with Crippen LogP contribution < -0.4 is 40.8 Å². The van der Waals surface area contributed by atoms with Crippen LogP contribution in [0.2, 0.25) is 0 Å². The van der Waals surface area contributed by atoms with Gasteiger partial charge in [0.05, 0.1) is 39.5 Å². The third kappa shape index (κ3) is 30.1. The molecule has 3 aromatic rings. The molecule has 3 aromatic carbocycles. The van der Waals surface area contributed by atoms with Crippen molar-refractivity contribution < 1.29 is 28.6 Å². The van der Waals surface area contributed by atoms with Crippen LogP contribution >= 0.6 is 0 Å². The third-order valence-electron chi connectivity index (χ3n) is 9.42. The minimum Gasteiger partial charge on any atom is -0.494 e. The summed E-state index contributed by atoms with van der Waals surface area (Å²) in [4.78, 5) is 35.1. The number of unbranched alkanes of at least 4 members (excludes halogenated alkanes) is 6. The Balaban J connectivity index is 0.000000458. The summed E-state index contributed by atoms with van der Waals surface area (Å²) in [5.74, 6) is 2.93. The molecule has 61 heavy (non-hydrogen) atoms. The molecule has 0 aliphatic heterocycles. The maximum absolute atomic E-state index is 11.4. The van der Waals surface area contributed by atoms with Crippen molar-refractivity contribution in [2.45, 2.75) is 97.8 Å². The Morgan fingerprint density at radius 3 is 1.23 bits per heavy atom. The molecule has 0 aromatic heterocycles. The van der Waals surface area contributed by atoms with Crippen molar-refractivity contribution in [1.82, 2.24) is 31.5 Å². The number of hydrogen-bond acceptors (Lipinski definition) is 9. The van der Waals surface area contributed by atoms with E-state index in [1.807, 2.05) is 36.4 Å². The van der Waals surface area contributed by atoms with Gasteiger partial charge in [-0.1, -0.05) is 95.7 Å². The minimum atomic E-state index is 0.0120. The van der Waals surface area contributed by atoms with Gasteiger partial charge in [0.25, 0.3) is 0 Å². The smallest absolute Gasteiger partial charge is 0.236 e. The molecule has 0 aliphatic carbocycles. The van der Waals surface area contributed by atoms with Gasteiger partial charge in [-0.15, -0.1) is 0 Å². The zero-order valence-electron chi connectivity index (χ0n) is 38.7. The first-order chi connectivity index (χ1) is 29.6. The molecule has 0 saturated carbocycles. The molecule has 0 aliphatic rings. The van der Waals surface area contributed by atoms with Crippen LogP contribution in [0, 0.1) is 0 Å². The van der Waals surface area contributed by atoms with E-state index in [1.54, 1.807) is 33.1 Å². The van der Waals surface area contributed by atoms with Crippen molar-refractivity contribution in [3.63, 3.8) is 0 Å². The average Bonchev–Trinajstić information content (AvgIpc) is 3.27. The maximum Gasteiger partial charge on any atom is 0.236 e. The number of carbonyl (C=O) groups excluding carboxylic acids is 3. The van der Waals surface area contributed by atoms with E-state index in [4.69, 9.17) is 14.2 Å². The van der Waals surface area contributed by atoms with Gasteiger partial charge in [0, 0.05) is 28.2 Å². The molecule has 0 bridgehead atoms. The average molecular weight is 849 g/mol. The normalized spacial score (nSPS) is 10.3. The van der Waals surface area contributed by atoms with E-state index in [1.165, 1.54) is 48.8 Å². The molecule has 0 unspecified atom stereocenters. The van der Waals surface area contributed by atoms with Gasteiger partial charge in [0.2, 0.25) is 17.7 Å². The van der Waals surface area contributed by atoms with E-state index in [9.17, 15) is 14.4 Å². The first-order valence-corrected chi connectivity index (χ1v) is 22.5. The number of likely N-dealkylation sites (N-methyl/N-ethyl adjacent to an activating group) is 3. The summed E-state index contributed by atoms with van der Waals surface area (Å²) in [6.07, 6.45) is 13.3. The highest BCUT2D eigenvalue weighted by Crippen LogP contribution is 2.16. The van der Waals surface area contributed by atoms with Gasteiger partial charge in [-0.25, -0.2) is 0 Å². The summed E-state index contributed by atoms with van der Waals surface area (Å²) in [7, 11) is 6.82. The molecule has 5 N–H and O–H groups in total. The largest absolute Gasteiger partial charge is 0.494 e. The van der Waals surface area contributed by atoms with Crippen LogP contribution in [0.4, 0.5) is 0 Å². The number of nitrogens with one attached hydrogen (secondary N) is 5. The molecule has 342 valence electrons. The second-order valence-corrected chi connectivity index (χ2v) is 15.0. The number of hydrogen-bond donors (Lipinski definition) is 5. The second-order valence-electron chi connectivity index (χ2n) is 15.0.